The Morgan fingerprint density at radius 1 is 0.792 bits per heavy atom. The van der Waals surface area contributed by atoms with E-state index in [1.54, 1.807) is 0 Å². The molecule has 0 aromatic carbocycles. The first-order valence-corrected chi connectivity index (χ1v) is 6.61. The van der Waals surface area contributed by atoms with Crippen LogP contribution in [0.5, 0.6) is 0 Å². The van der Waals surface area contributed by atoms with Crippen molar-refractivity contribution in [3.8, 4) is 0 Å². The third-order valence-corrected chi connectivity index (χ3v) is 1.64. The predicted molar refractivity (Wildman–Crippen MR) is 87.0 cm³/mol. The number of carboxylic acids is 3. The van der Waals surface area contributed by atoms with Crippen molar-refractivity contribution < 1.29 is 45.0 Å². The minimum atomic E-state index is -2.45. The molecule has 0 spiro atoms. The van der Waals surface area contributed by atoms with Gasteiger partial charge < -0.3 is 30.6 Å². The average Bonchev–Trinajstić information content (AvgIpc) is 2.48. The number of rotatable bonds is 7. The highest BCUT2D eigenvalue weighted by Crippen LogP contribution is 2.07. The molecule has 9 nitrogen and oxygen atoms in total. The molecule has 0 aliphatic carbocycles. The first kappa shape index (κ1) is 29.5. The molecule has 0 rings (SSSR count). The molecule has 0 saturated heterocycles. The van der Waals surface area contributed by atoms with E-state index < -0.39 is 23.9 Å². The van der Waals surface area contributed by atoms with Crippen LogP contribution >= 0.6 is 0 Å². The van der Waals surface area contributed by atoms with Crippen LogP contribution in [-0.2, 0) is 14.4 Å². The second-order valence-corrected chi connectivity index (χ2v) is 3.86. The number of hydrogen-bond acceptors (Lipinski definition) is 6. The van der Waals surface area contributed by atoms with Gasteiger partial charge in [-0.1, -0.05) is 39.5 Å². The molecule has 0 aliphatic rings. The fraction of sp³-hybridized carbons (Fsp3) is 0.400. The van der Waals surface area contributed by atoms with E-state index in [0.717, 1.165) is 31.1 Å². The summed E-state index contributed by atoms with van der Waals surface area (Å²) in [6.45, 7) is 10.9. The molecule has 6 N–H and O–H groups in total. The van der Waals surface area contributed by atoms with E-state index in [1.165, 1.54) is 0 Å². The maximum atomic E-state index is 9.25. The fourth-order valence-corrected chi connectivity index (χ4v) is 0.612. The third-order valence-electron chi connectivity index (χ3n) is 1.64. The molecule has 24 heavy (non-hydrogen) atoms. The molecule has 0 saturated carbocycles. The SMILES string of the molecule is C=CC(=O)O.C=CC(=O)O.C=CC(=O)O.CCCCCC(O)(O)O. The molecule has 0 atom stereocenters. The third kappa shape index (κ3) is 73.9. The molecular formula is C15H26O9. The smallest absolute Gasteiger partial charge is 0.327 e. The molecule has 0 aromatic heterocycles. The standard InChI is InChI=1S/C6H14O3.3C3H4O2/c1-2-3-4-5-6(7,8)9;3*1-2-3(4)5/h7-9H,2-5H2,1H3;3*2H,1H2,(H,4,5). The Bertz CT molecular complexity index is 338. The lowest BCUT2D eigenvalue weighted by Crippen LogP contribution is -2.26. The molecular weight excluding hydrogens is 324 g/mol. The average molecular weight is 350 g/mol. The van der Waals surface area contributed by atoms with Crippen molar-refractivity contribution in [2.24, 2.45) is 0 Å². The predicted octanol–water partition coefficient (Wildman–Crippen LogP) is 0.968. The van der Waals surface area contributed by atoms with Gasteiger partial charge in [-0.05, 0) is 6.42 Å². The molecule has 0 aromatic rings. The van der Waals surface area contributed by atoms with Gasteiger partial charge in [0.2, 0.25) is 0 Å². The molecule has 0 bridgehead atoms. The Morgan fingerprint density at radius 3 is 1.17 bits per heavy atom. The zero-order valence-corrected chi connectivity index (χ0v) is 13.6. The highest BCUT2D eigenvalue weighted by atomic mass is 16.7. The summed E-state index contributed by atoms with van der Waals surface area (Å²) in [7, 11) is 0. The summed E-state index contributed by atoms with van der Waals surface area (Å²) in [5, 5.41) is 47.9. The highest BCUT2D eigenvalue weighted by Gasteiger charge is 2.15. The van der Waals surface area contributed by atoms with Crippen LogP contribution in [0.1, 0.15) is 32.6 Å². The van der Waals surface area contributed by atoms with Gasteiger partial charge in [-0.2, -0.15) is 0 Å². The zero-order chi connectivity index (χ0) is 20.2. The van der Waals surface area contributed by atoms with E-state index in [0.29, 0.717) is 6.42 Å². The van der Waals surface area contributed by atoms with Crippen LogP contribution in [0, 0.1) is 0 Å². The molecule has 0 unspecified atom stereocenters. The Balaban J connectivity index is -0.000000116. The molecule has 0 heterocycles. The van der Waals surface area contributed by atoms with Gasteiger partial charge in [-0.15, -0.1) is 0 Å². The van der Waals surface area contributed by atoms with Crippen molar-refractivity contribution in [3.05, 3.63) is 38.0 Å². The Hall–Kier alpha value is -2.49. The summed E-state index contributed by atoms with van der Waals surface area (Å²) in [6.07, 6.45) is 5.13. The maximum absolute atomic E-state index is 9.25. The van der Waals surface area contributed by atoms with E-state index in [2.05, 4.69) is 19.7 Å². The molecule has 0 aliphatic heterocycles. The van der Waals surface area contributed by atoms with E-state index in [9.17, 15) is 14.4 Å². The Kier molecular flexibility index (Phi) is 25.2. The van der Waals surface area contributed by atoms with E-state index in [-0.39, 0.29) is 6.42 Å². The highest BCUT2D eigenvalue weighted by molar-refractivity contribution is 5.79. The summed E-state index contributed by atoms with van der Waals surface area (Å²) in [5.41, 5.74) is 0. The lowest BCUT2D eigenvalue weighted by molar-refractivity contribution is -0.315. The van der Waals surface area contributed by atoms with E-state index in [1.807, 2.05) is 6.92 Å². The van der Waals surface area contributed by atoms with Crippen molar-refractivity contribution >= 4 is 17.9 Å². The van der Waals surface area contributed by atoms with Crippen molar-refractivity contribution in [1.82, 2.24) is 0 Å². The fourth-order valence-electron chi connectivity index (χ4n) is 0.612. The maximum Gasteiger partial charge on any atom is 0.327 e. The molecule has 0 amide bonds. The van der Waals surface area contributed by atoms with Crippen molar-refractivity contribution in [1.29, 1.82) is 0 Å². The largest absolute Gasteiger partial charge is 0.478 e. The molecule has 0 radical (unpaired) electrons. The zero-order valence-electron chi connectivity index (χ0n) is 13.6. The molecule has 140 valence electrons. The van der Waals surface area contributed by atoms with Gasteiger partial charge in [-0.3, -0.25) is 0 Å². The molecule has 0 fully saturated rings. The summed E-state index contributed by atoms with van der Waals surface area (Å²) >= 11 is 0. The van der Waals surface area contributed by atoms with Gasteiger partial charge in [0, 0.05) is 24.6 Å². The van der Waals surface area contributed by atoms with E-state index in [4.69, 9.17) is 30.6 Å². The number of aliphatic hydroxyl groups is 3. The van der Waals surface area contributed by atoms with Gasteiger partial charge in [0.1, 0.15) is 0 Å². The van der Waals surface area contributed by atoms with Crippen molar-refractivity contribution in [2.45, 2.75) is 38.6 Å². The lowest BCUT2D eigenvalue weighted by Gasteiger charge is -2.12. The Morgan fingerprint density at radius 2 is 1.04 bits per heavy atom. The van der Waals surface area contributed by atoms with Crippen molar-refractivity contribution in [2.75, 3.05) is 0 Å². The summed E-state index contributed by atoms with van der Waals surface area (Å²) < 4.78 is 0. The van der Waals surface area contributed by atoms with Gasteiger partial charge in [0.05, 0.1) is 0 Å². The number of unbranched alkanes of at least 4 members (excludes halogenated alkanes) is 2. The minimum absolute atomic E-state index is 0.0425. The number of hydrogen-bond donors (Lipinski definition) is 6. The first-order chi connectivity index (χ1) is 10.9. The van der Waals surface area contributed by atoms with Crippen molar-refractivity contribution in [3.63, 3.8) is 0 Å². The van der Waals surface area contributed by atoms with Gasteiger partial charge in [-0.25, -0.2) is 14.4 Å². The van der Waals surface area contributed by atoms with Gasteiger partial charge in [0.15, 0.2) is 0 Å². The number of carbonyl (C=O) groups is 3. The minimum Gasteiger partial charge on any atom is -0.478 e. The van der Waals surface area contributed by atoms with Crippen LogP contribution in [0.2, 0.25) is 0 Å². The molecule has 9 heteroatoms. The quantitative estimate of drug-likeness (QED) is 0.222. The summed E-state index contributed by atoms with van der Waals surface area (Å²) in [6, 6.07) is 0. The van der Waals surface area contributed by atoms with Crippen LogP contribution in [0.3, 0.4) is 0 Å². The van der Waals surface area contributed by atoms with Crippen LogP contribution in [-0.4, -0.2) is 54.5 Å². The van der Waals surface area contributed by atoms with Crippen LogP contribution in [0.15, 0.2) is 38.0 Å². The second-order valence-electron chi connectivity index (χ2n) is 3.86. The Labute approximate surface area is 140 Å². The lowest BCUT2D eigenvalue weighted by atomic mass is 10.2. The van der Waals surface area contributed by atoms with Gasteiger partial charge in [0.25, 0.3) is 5.97 Å². The van der Waals surface area contributed by atoms with E-state index >= 15 is 0 Å². The van der Waals surface area contributed by atoms with Crippen LogP contribution in [0.25, 0.3) is 0 Å². The number of carboxylic acid groups (broad SMARTS) is 3. The second kappa shape index (κ2) is 20.5. The summed E-state index contributed by atoms with van der Waals surface area (Å²) in [4.78, 5) is 27.8. The van der Waals surface area contributed by atoms with Crippen LogP contribution in [0.4, 0.5) is 0 Å². The summed E-state index contributed by atoms with van der Waals surface area (Å²) in [5.74, 6) is -5.39. The monoisotopic (exact) mass is 350 g/mol. The van der Waals surface area contributed by atoms with Crippen LogP contribution < -0.4 is 0 Å². The topological polar surface area (TPSA) is 173 Å². The normalized spacial score (nSPS) is 8.50. The first-order valence-electron chi connectivity index (χ1n) is 6.61. The van der Waals surface area contributed by atoms with Gasteiger partial charge >= 0.3 is 17.9 Å². The number of aliphatic carboxylic acids is 3.